The van der Waals surface area contributed by atoms with Crippen molar-refractivity contribution in [2.24, 2.45) is 0 Å². The van der Waals surface area contributed by atoms with Crippen LogP contribution in [0.4, 0.5) is 0 Å². The first-order valence-corrected chi connectivity index (χ1v) is 8.31. The third-order valence-corrected chi connectivity index (χ3v) is 5.04. The van der Waals surface area contributed by atoms with Crippen molar-refractivity contribution < 1.29 is 13.2 Å². The molecule has 1 atom stereocenters. The van der Waals surface area contributed by atoms with Crippen LogP contribution in [-0.2, 0) is 10.0 Å². The number of nitrogens with one attached hydrogen (secondary N) is 1. The van der Waals surface area contributed by atoms with Gasteiger partial charge in [-0.2, -0.15) is 0 Å². The monoisotopic (exact) mass is 345 g/mol. The van der Waals surface area contributed by atoms with Crippen LogP contribution in [0.2, 0.25) is 0 Å². The van der Waals surface area contributed by atoms with Crippen LogP contribution in [0.25, 0.3) is 0 Å². The summed E-state index contributed by atoms with van der Waals surface area (Å²) in [6, 6.07) is 4.90. The van der Waals surface area contributed by atoms with E-state index in [4.69, 9.17) is 4.74 Å². The maximum absolute atomic E-state index is 12.4. The molecule has 1 aliphatic carbocycles. The van der Waals surface area contributed by atoms with Gasteiger partial charge < -0.3 is 4.74 Å². The Morgan fingerprint density at radius 2 is 2.16 bits per heavy atom. The van der Waals surface area contributed by atoms with Crippen molar-refractivity contribution in [1.29, 1.82) is 0 Å². The molecule has 1 aromatic rings. The lowest BCUT2D eigenvalue weighted by atomic mass is 10.0. The first-order valence-electron chi connectivity index (χ1n) is 6.04. The standard InChI is InChI=1S/C13H16BrNO3S/c1-18-12-8-7-10(14)9-13(12)19(16,17)15-11-5-3-2-4-6-11/h2-3,7-9,11,15H,4-6H2,1H3. The lowest BCUT2D eigenvalue weighted by molar-refractivity contribution is 0.401. The number of methoxy groups -OCH3 is 1. The maximum atomic E-state index is 12.4. The fourth-order valence-corrected chi connectivity index (χ4v) is 4.03. The van der Waals surface area contributed by atoms with Gasteiger partial charge in [-0.05, 0) is 37.5 Å². The molecule has 0 amide bonds. The van der Waals surface area contributed by atoms with Gasteiger partial charge in [0.15, 0.2) is 0 Å². The summed E-state index contributed by atoms with van der Waals surface area (Å²) in [4.78, 5) is 0.166. The second kappa shape index (κ2) is 6.07. The van der Waals surface area contributed by atoms with Gasteiger partial charge in [0.25, 0.3) is 0 Å². The Labute approximate surface area is 122 Å². The summed E-state index contributed by atoms with van der Waals surface area (Å²) in [5.74, 6) is 0.349. The lowest BCUT2D eigenvalue weighted by Crippen LogP contribution is -2.35. The third-order valence-electron chi connectivity index (χ3n) is 3.01. The topological polar surface area (TPSA) is 55.4 Å². The number of hydrogen-bond acceptors (Lipinski definition) is 3. The molecule has 1 aromatic carbocycles. The van der Waals surface area contributed by atoms with Crippen molar-refractivity contribution >= 4 is 26.0 Å². The summed E-state index contributed by atoms with van der Waals surface area (Å²) in [5, 5.41) is 0. The van der Waals surface area contributed by atoms with Crippen LogP contribution in [0.15, 0.2) is 39.7 Å². The minimum atomic E-state index is -3.56. The van der Waals surface area contributed by atoms with Crippen LogP contribution in [0.5, 0.6) is 5.75 Å². The van der Waals surface area contributed by atoms with Gasteiger partial charge in [-0.1, -0.05) is 28.1 Å². The third kappa shape index (κ3) is 3.58. The van der Waals surface area contributed by atoms with Gasteiger partial charge in [0.05, 0.1) is 7.11 Å². The van der Waals surface area contributed by atoms with Crippen molar-refractivity contribution in [2.75, 3.05) is 7.11 Å². The van der Waals surface area contributed by atoms with Gasteiger partial charge in [-0.25, -0.2) is 13.1 Å². The summed E-state index contributed by atoms with van der Waals surface area (Å²) in [6.45, 7) is 0. The fraction of sp³-hybridized carbons (Fsp3) is 0.385. The molecule has 4 nitrogen and oxygen atoms in total. The molecule has 0 saturated heterocycles. The molecule has 0 bridgehead atoms. The Bertz CT molecular complexity index is 584. The van der Waals surface area contributed by atoms with Gasteiger partial charge in [-0.3, -0.25) is 0 Å². The van der Waals surface area contributed by atoms with Crippen LogP contribution in [0.1, 0.15) is 19.3 Å². The highest BCUT2D eigenvalue weighted by molar-refractivity contribution is 9.10. The van der Waals surface area contributed by atoms with Crippen LogP contribution in [-0.4, -0.2) is 21.6 Å². The number of halogens is 1. The molecule has 0 radical (unpaired) electrons. The number of sulfonamides is 1. The summed E-state index contributed by atoms with van der Waals surface area (Å²) >= 11 is 3.28. The Morgan fingerprint density at radius 3 is 2.79 bits per heavy atom. The Kier molecular flexibility index (Phi) is 4.65. The SMILES string of the molecule is COc1ccc(Br)cc1S(=O)(=O)NC1CC=CCC1. The smallest absolute Gasteiger partial charge is 0.244 e. The summed E-state index contributed by atoms with van der Waals surface area (Å²) in [7, 11) is -2.10. The zero-order valence-corrected chi connectivity index (χ0v) is 13.0. The number of ether oxygens (including phenoxy) is 1. The van der Waals surface area contributed by atoms with Crippen molar-refractivity contribution in [3.05, 3.63) is 34.8 Å². The zero-order valence-electron chi connectivity index (χ0n) is 10.6. The van der Waals surface area contributed by atoms with Crippen LogP contribution in [0.3, 0.4) is 0 Å². The van der Waals surface area contributed by atoms with E-state index >= 15 is 0 Å². The molecule has 2 rings (SSSR count). The Hall–Kier alpha value is -0.850. The van der Waals surface area contributed by atoms with E-state index in [9.17, 15) is 8.42 Å². The van der Waals surface area contributed by atoms with E-state index in [-0.39, 0.29) is 10.9 Å². The van der Waals surface area contributed by atoms with E-state index in [1.54, 1.807) is 18.2 Å². The molecular weight excluding hydrogens is 330 g/mol. The molecule has 0 aliphatic heterocycles. The molecule has 0 saturated carbocycles. The molecular formula is C13H16BrNO3S. The largest absolute Gasteiger partial charge is 0.495 e. The van der Waals surface area contributed by atoms with Crippen molar-refractivity contribution in [1.82, 2.24) is 4.72 Å². The fourth-order valence-electron chi connectivity index (χ4n) is 2.04. The van der Waals surface area contributed by atoms with Gasteiger partial charge in [-0.15, -0.1) is 0 Å². The first kappa shape index (κ1) is 14.6. The molecule has 0 aromatic heterocycles. The van der Waals surface area contributed by atoms with Gasteiger partial charge >= 0.3 is 0 Å². The highest BCUT2D eigenvalue weighted by atomic mass is 79.9. The molecule has 1 unspecified atom stereocenters. The zero-order chi connectivity index (χ0) is 13.9. The molecule has 0 spiro atoms. The highest BCUT2D eigenvalue weighted by Crippen LogP contribution is 2.28. The molecule has 0 fully saturated rings. The van der Waals surface area contributed by atoms with Crippen LogP contribution >= 0.6 is 15.9 Å². The Morgan fingerprint density at radius 1 is 1.37 bits per heavy atom. The molecule has 104 valence electrons. The van der Waals surface area contributed by atoms with Crippen molar-refractivity contribution in [2.45, 2.75) is 30.2 Å². The molecule has 1 aliphatic rings. The van der Waals surface area contributed by atoms with E-state index in [1.165, 1.54) is 7.11 Å². The minimum Gasteiger partial charge on any atom is -0.495 e. The van der Waals surface area contributed by atoms with E-state index in [1.807, 2.05) is 6.08 Å². The summed E-state index contributed by atoms with van der Waals surface area (Å²) in [5.41, 5.74) is 0. The van der Waals surface area contributed by atoms with Gasteiger partial charge in [0.1, 0.15) is 10.6 Å². The number of benzene rings is 1. The van der Waals surface area contributed by atoms with Crippen LogP contribution in [0, 0.1) is 0 Å². The first-order chi connectivity index (χ1) is 9.03. The van der Waals surface area contributed by atoms with Gasteiger partial charge in [0.2, 0.25) is 10.0 Å². The molecule has 1 N–H and O–H groups in total. The van der Waals surface area contributed by atoms with E-state index < -0.39 is 10.0 Å². The lowest BCUT2D eigenvalue weighted by Gasteiger charge is -2.20. The average Bonchev–Trinajstić information content (AvgIpc) is 2.39. The molecule has 0 heterocycles. The Balaban J connectivity index is 2.28. The number of hydrogen-bond donors (Lipinski definition) is 1. The van der Waals surface area contributed by atoms with Crippen LogP contribution < -0.4 is 9.46 Å². The van der Waals surface area contributed by atoms with E-state index in [2.05, 4.69) is 26.7 Å². The van der Waals surface area contributed by atoms with E-state index in [0.717, 1.165) is 19.3 Å². The molecule has 6 heteroatoms. The summed E-state index contributed by atoms with van der Waals surface area (Å²) < 4.78 is 33.4. The van der Waals surface area contributed by atoms with Crippen molar-refractivity contribution in [3.63, 3.8) is 0 Å². The quantitative estimate of drug-likeness (QED) is 0.853. The molecule has 19 heavy (non-hydrogen) atoms. The minimum absolute atomic E-state index is 0.0429. The summed E-state index contributed by atoms with van der Waals surface area (Å²) in [6.07, 6.45) is 6.55. The normalized spacial score (nSPS) is 19.4. The van der Waals surface area contributed by atoms with Gasteiger partial charge in [0, 0.05) is 10.5 Å². The second-order valence-electron chi connectivity index (χ2n) is 4.40. The number of rotatable bonds is 4. The average molecular weight is 346 g/mol. The predicted molar refractivity (Wildman–Crippen MR) is 77.8 cm³/mol. The second-order valence-corrected chi connectivity index (χ2v) is 7.00. The maximum Gasteiger partial charge on any atom is 0.244 e. The number of allylic oxidation sites excluding steroid dienone is 1. The van der Waals surface area contributed by atoms with E-state index in [0.29, 0.717) is 10.2 Å². The van der Waals surface area contributed by atoms with Crippen molar-refractivity contribution in [3.8, 4) is 5.75 Å². The highest BCUT2D eigenvalue weighted by Gasteiger charge is 2.23. The predicted octanol–water partition coefficient (Wildman–Crippen LogP) is 2.84.